The first-order valence-corrected chi connectivity index (χ1v) is 17.5. The number of rotatable bonds is 12. The van der Waals surface area contributed by atoms with Crippen LogP contribution in [0.5, 0.6) is 0 Å². The van der Waals surface area contributed by atoms with Crippen molar-refractivity contribution in [2.24, 2.45) is 5.92 Å². The van der Waals surface area contributed by atoms with Gasteiger partial charge >= 0.3 is 184 Å². The van der Waals surface area contributed by atoms with Crippen LogP contribution in [0, 0.1) is 5.92 Å². The number of thiol groups is 1. The van der Waals surface area contributed by atoms with Gasteiger partial charge in [-0.25, -0.2) is 0 Å². The Morgan fingerprint density at radius 3 is 2.69 bits per heavy atom. The topological polar surface area (TPSA) is 104 Å². The van der Waals surface area contributed by atoms with Crippen molar-refractivity contribution in [2.75, 3.05) is 19.5 Å². The molecule has 4 atom stereocenters. The number of amides is 1. The van der Waals surface area contributed by atoms with E-state index in [9.17, 15) is 14.4 Å². The molecule has 0 saturated heterocycles. The van der Waals surface area contributed by atoms with E-state index >= 15 is 0 Å². The van der Waals surface area contributed by atoms with Crippen molar-refractivity contribution >= 4 is 30.5 Å². The second-order valence-corrected chi connectivity index (χ2v) is 19.2. The van der Waals surface area contributed by atoms with Crippen LogP contribution in [0.25, 0.3) is 0 Å². The van der Waals surface area contributed by atoms with Gasteiger partial charge < -0.3 is 0 Å². The van der Waals surface area contributed by atoms with Crippen LogP contribution >= 0.6 is 12.6 Å². The van der Waals surface area contributed by atoms with Gasteiger partial charge in [-0.15, -0.1) is 0 Å². The molecule has 6 nitrogen and oxygen atoms in total. The number of carbonyl (C=O) groups excluding carboxylic acids is 1. The number of hydrogen-bond donors (Lipinski definition) is 4. The summed E-state index contributed by atoms with van der Waals surface area (Å²) in [5, 5.41) is 20.4. The quantitative estimate of drug-likeness (QED) is 0.119. The van der Waals surface area contributed by atoms with Crippen molar-refractivity contribution in [1.82, 2.24) is 5.32 Å². The van der Waals surface area contributed by atoms with Crippen LogP contribution in [-0.4, -0.2) is 57.6 Å². The molecule has 29 heavy (non-hydrogen) atoms. The van der Waals surface area contributed by atoms with Crippen LogP contribution in [0.3, 0.4) is 0 Å². The first-order valence-electron chi connectivity index (χ1n) is 10.4. The molecule has 1 heterocycles. The maximum atomic E-state index is 12.2. The summed E-state index contributed by atoms with van der Waals surface area (Å²) in [6.45, 7) is 0. The summed E-state index contributed by atoms with van der Waals surface area (Å²) in [7, 11) is 0. The maximum absolute atomic E-state index is 12.2. The fourth-order valence-corrected chi connectivity index (χ4v) is 16.1. The number of halogens is 1. The molecule has 0 aromatic carbocycles. The summed E-state index contributed by atoms with van der Waals surface area (Å²) in [6.07, 6.45) is 9.24. The minimum absolute atomic E-state index is 0.0890. The molecule has 2 aliphatic rings. The Balaban J connectivity index is 1.78. The third-order valence-corrected chi connectivity index (χ3v) is 17.0. The summed E-state index contributed by atoms with van der Waals surface area (Å²) in [5.41, 5.74) is 1.62. The van der Waals surface area contributed by atoms with Crippen molar-refractivity contribution in [1.29, 1.82) is 0 Å². The van der Waals surface area contributed by atoms with E-state index in [2.05, 4.69) is 29.0 Å². The first-order chi connectivity index (χ1) is 13.7. The van der Waals surface area contributed by atoms with Crippen LogP contribution in [0.1, 0.15) is 57.8 Å². The molecular weight excluding hydrogens is 505 g/mol. The Kier molecular flexibility index (Phi) is 9.78. The molecule has 0 spiro atoms. The number of carbonyl (C=O) groups is 3. The summed E-state index contributed by atoms with van der Waals surface area (Å²) in [4.78, 5) is 36.6. The number of aliphatic carboxylic acids is 2. The monoisotopic (exact) mass is 540 g/mol. The van der Waals surface area contributed by atoms with Crippen LogP contribution < -0.4 is 23.8 Å². The molecule has 2 unspecified atom stereocenters. The Bertz CT molecular complexity index is 641. The molecule has 1 amide bonds. The summed E-state index contributed by atoms with van der Waals surface area (Å²) < 4.78 is 3.53. The van der Waals surface area contributed by atoms with Crippen LogP contribution in [-0.2, 0) is 14.4 Å². The molecule has 1 fully saturated rings. The third-order valence-electron chi connectivity index (χ3n) is 6.13. The fourth-order valence-electron chi connectivity index (χ4n) is 4.64. The molecule has 1 aliphatic heterocycles. The molecule has 1 saturated carbocycles. The molecule has 1 aliphatic carbocycles. The van der Waals surface area contributed by atoms with Crippen LogP contribution in [0.2, 0.25) is 0 Å². The van der Waals surface area contributed by atoms with E-state index < -0.39 is 36.4 Å². The van der Waals surface area contributed by atoms with Crippen LogP contribution in [0.15, 0.2) is 11.6 Å². The van der Waals surface area contributed by atoms with E-state index in [1.54, 1.807) is 5.57 Å². The van der Waals surface area contributed by atoms with Gasteiger partial charge in [0.15, 0.2) is 0 Å². The zero-order valence-corrected chi connectivity index (χ0v) is 20.3. The molecule has 0 aromatic heterocycles. The van der Waals surface area contributed by atoms with E-state index in [4.69, 9.17) is 10.2 Å². The zero-order chi connectivity index (χ0) is 21.4. The predicted molar refractivity (Wildman–Crippen MR) is 114 cm³/mol. The Morgan fingerprint density at radius 1 is 1.28 bits per heavy atom. The van der Waals surface area contributed by atoms with Crippen molar-refractivity contribution in [2.45, 2.75) is 67.8 Å². The summed E-state index contributed by atoms with van der Waals surface area (Å²) in [6, 6.07) is -1.12. The van der Waals surface area contributed by atoms with Gasteiger partial charge in [-0.1, -0.05) is 0 Å². The molecule has 0 radical (unpaired) electrons. The second-order valence-electron chi connectivity index (χ2n) is 8.36. The normalized spacial score (nSPS) is 29.7. The minimum atomic E-state index is -1.80. The van der Waals surface area contributed by atoms with Gasteiger partial charge in [-0.05, 0) is 0 Å². The SMILES string of the molecule is C[I-]1(C2CCC[C@H]2CCCC(=O)N[C@H](CCC(=O)O)C(=O)O)CC=C(CCS)C1. The molecular formula is C21H35INO5S-. The van der Waals surface area contributed by atoms with Gasteiger partial charge in [-0.2, -0.15) is 0 Å². The van der Waals surface area contributed by atoms with Gasteiger partial charge in [0.2, 0.25) is 0 Å². The average molecular weight is 540 g/mol. The van der Waals surface area contributed by atoms with Crippen molar-refractivity contribution in [3.05, 3.63) is 11.6 Å². The van der Waals surface area contributed by atoms with Gasteiger partial charge in [-0.3, -0.25) is 0 Å². The number of carboxylic acids is 2. The predicted octanol–water partition coefficient (Wildman–Crippen LogP) is -0.190. The number of alkyl halides is 4. The number of hydrogen-bond acceptors (Lipinski definition) is 4. The van der Waals surface area contributed by atoms with E-state index in [1.165, 1.54) is 28.1 Å². The standard InChI is InChI=1S/C21H35INO5S/c1-22(12-10-15(14-22)11-13-29)17-6-2-4-16(17)5-3-7-19(24)23-18(21(27)28)8-9-20(25)26/h10,16-18,29H,2-9,11-14H2,1H3,(H,23,24)(H,25,26)(H,27,28)/q-1/t16-,17?,18+/m0/s1. The van der Waals surface area contributed by atoms with Gasteiger partial charge in [0.25, 0.3) is 0 Å². The van der Waals surface area contributed by atoms with Crippen molar-refractivity contribution < 1.29 is 43.0 Å². The number of carboxylic acid groups (broad SMARTS) is 2. The number of allylic oxidation sites excluding steroid dienone is 2. The van der Waals surface area contributed by atoms with Crippen LogP contribution in [0.4, 0.5) is 0 Å². The third kappa shape index (κ3) is 7.45. The molecule has 3 N–H and O–H groups in total. The molecule has 0 aromatic rings. The van der Waals surface area contributed by atoms with Gasteiger partial charge in [0.1, 0.15) is 0 Å². The van der Waals surface area contributed by atoms with E-state index in [-0.39, 0.29) is 18.7 Å². The number of nitrogens with one attached hydrogen (secondary N) is 1. The summed E-state index contributed by atoms with van der Waals surface area (Å²) in [5.74, 6) is -0.897. The molecule has 2 rings (SSSR count). The van der Waals surface area contributed by atoms with Crippen molar-refractivity contribution in [3.63, 3.8) is 0 Å². The Labute approximate surface area is 183 Å². The fraction of sp³-hybridized carbons (Fsp3) is 0.762. The molecule has 0 bridgehead atoms. The van der Waals surface area contributed by atoms with E-state index in [0.29, 0.717) is 12.3 Å². The Morgan fingerprint density at radius 2 is 2.03 bits per heavy atom. The first kappa shape index (κ1) is 24.5. The van der Waals surface area contributed by atoms with Gasteiger partial charge in [0.05, 0.1) is 0 Å². The zero-order valence-electron chi connectivity index (χ0n) is 17.2. The van der Waals surface area contributed by atoms with Crippen molar-refractivity contribution in [3.8, 4) is 0 Å². The second kappa shape index (κ2) is 11.6. The van der Waals surface area contributed by atoms with Gasteiger partial charge in [0, 0.05) is 0 Å². The van der Waals surface area contributed by atoms with E-state index in [1.807, 2.05) is 0 Å². The molecule has 8 heteroatoms. The Hall–Kier alpha value is -0.770. The summed E-state index contributed by atoms with van der Waals surface area (Å²) >= 11 is 2.58. The molecule has 168 valence electrons. The van der Waals surface area contributed by atoms with E-state index in [0.717, 1.165) is 28.9 Å². The average Bonchev–Trinajstić information content (AvgIpc) is 3.26.